The zero-order chi connectivity index (χ0) is 13.1. The summed E-state index contributed by atoms with van der Waals surface area (Å²) in [5.41, 5.74) is 2.92. The molecule has 2 heteroatoms. The maximum absolute atomic E-state index is 10.2. The summed E-state index contributed by atoms with van der Waals surface area (Å²) in [7, 11) is 0. The third kappa shape index (κ3) is 3.18. The van der Waals surface area contributed by atoms with Crippen molar-refractivity contribution >= 4 is 0 Å². The number of hydrogen-bond acceptors (Lipinski definition) is 2. The van der Waals surface area contributed by atoms with Gasteiger partial charge in [0.25, 0.3) is 0 Å². The molecule has 1 aromatic carbocycles. The maximum Gasteiger partial charge on any atom is 0.0576 e. The quantitative estimate of drug-likeness (QED) is 0.879. The van der Waals surface area contributed by atoms with Gasteiger partial charge in [0.1, 0.15) is 0 Å². The van der Waals surface area contributed by atoms with Crippen LogP contribution in [0.3, 0.4) is 0 Å². The molecule has 0 amide bonds. The average Bonchev–Trinajstić information content (AvgIpc) is 2.44. The van der Waals surface area contributed by atoms with E-state index in [0.29, 0.717) is 12.0 Å². The number of rotatable bonds is 5. The Morgan fingerprint density at radius 2 is 2.16 bits per heavy atom. The second-order valence-electron chi connectivity index (χ2n) is 6.06. The van der Waals surface area contributed by atoms with Gasteiger partial charge in [-0.1, -0.05) is 24.3 Å². The molecule has 3 rings (SSSR count). The van der Waals surface area contributed by atoms with Gasteiger partial charge in [-0.2, -0.15) is 0 Å². The van der Waals surface area contributed by atoms with Crippen LogP contribution in [0.2, 0.25) is 0 Å². The fourth-order valence-corrected chi connectivity index (χ4v) is 3.43. The van der Waals surface area contributed by atoms with Crippen LogP contribution in [-0.2, 0) is 11.2 Å². The number of aliphatic hydroxyl groups is 1. The van der Waals surface area contributed by atoms with Crippen LogP contribution in [0.5, 0.6) is 0 Å². The highest BCUT2D eigenvalue weighted by Gasteiger charge is 2.27. The van der Waals surface area contributed by atoms with E-state index in [1.807, 2.05) is 0 Å². The van der Waals surface area contributed by atoms with Gasteiger partial charge in [0.05, 0.1) is 12.2 Å². The summed E-state index contributed by atoms with van der Waals surface area (Å²) in [5.74, 6) is 0.582. The molecule has 1 aromatic rings. The molecule has 0 aromatic heterocycles. The highest BCUT2D eigenvalue weighted by Crippen LogP contribution is 2.38. The molecule has 1 aliphatic carbocycles. The summed E-state index contributed by atoms with van der Waals surface area (Å²) in [6, 6.07) is 8.62. The number of fused-ring (bicyclic) bond motifs is 1. The van der Waals surface area contributed by atoms with Crippen molar-refractivity contribution in [2.45, 2.75) is 63.1 Å². The Hall–Kier alpha value is -0.860. The molecular formula is C17H24O2. The fraction of sp³-hybridized carbons (Fsp3) is 0.647. The first-order valence-corrected chi connectivity index (χ1v) is 7.70. The van der Waals surface area contributed by atoms with E-state index >= 15 is 0 Å². The van der Waals surface area contributed by atoms with Gasteiger partial charge in [-0.3, -0.25) is 0 Å². The molecule has 3 atom stereocenters. The predicted octanol–water partition coefficient (Wildman–Crippen LogP) is 3.43. The Bertz CT molecular complexity index is 409. The van der Waals surface area contributed by atoms with Gasteiger partial charge in [0, 0.05) is 6.61 Å². The van der Waals surface area contributed by atoms with E-state index in [1.165, 1.54) is 30.4 Å². The predicted molar refractivity (Wildman–Crippen MR) is 76.3 cm³/mol. The molecule has 104 valence electrons. The lowest BCUT2D eigenvalue weighted by Crippen LogP contribution is -2.24. The van der Waals surface area contributed by atoms with Crippen LogP contribution in [-0.4, -0.2) is 23.9 Å². The Labute approximate surface area is 115 Å². The number of ether oxygens (including phenoxy) is 1. The molecule has 1 heterocycles. The minimum atomic E-state index is -0.163. The smallest absolute Gasteiger partial charge is 0.0576 e. The lowest BCUT2D eigenvalue weighted by Gasteiger charge is -2.32. The van der Waals surface area contributed by atoms with Crippen molar-refractivity contribution in [3.63, 3.8) is 0 Å². The van der Waals surface area contributed by atoms with E-state index in [9.17, 15) is 5.11 Å². The second-order valence-corrected chi connectivity index (χ2v) is 6.06. The molecule has 1 N–H and O–H groups in total. The Morgan fingerprint density at radius 3 is 2.95 bits per heavy atom. The molecule has 0 saturated carbocycles. The summed E-state index contributed by atoms with van der Waals surface area (Å²) in [6.45, 7) is 0.913. The average molecular weight is 260 g/mol. The van der Waals surface area contributed by atoms with Crippen LogP contribution in [0.15, 0.2) is 24.3 Å². The fourth-order valence-electron chi connectivity index (χ4n) is 3.43. The van der Waals surface area contributed by atoms with Crippen molar-refractivity contribution < 1.29 is 9.84 Å². The monoisotopic (exact) mass is 260 g/mol. The summed E-state index contributed by atoms with van der Waals surface area (Å²) in [5, 5.41) is 10.2. The lowest BCUT2D eigenvalue weighted by atomic mass is 9.74. The molecule has 1 aliphatic heterocycles. The van der Waals surface area contributed by atoms with Gasteiger partial charge in [-0.05, 0) is 62.0 Å². The van der Waals surface area contributed by atoms with Gasteiger partial charge >= 0.3 is 0 Å². The highest BCUT2D eigenvalue weighted by molar-refractivity contribution is 5.39. The van der Waals surface area contributed by atoms with Crippen molar-refractivity contribution in [3.05, 3.63) is 35.4 Å². The molecule has 0 spiro atoms. The van der Waals surface area contributed by atoms with E-state index in [-0.39, 0.29) is 6.10 Å². The van der Waals surface area contributed by atoms with E-state index in [2.05, 4.69) is 24.3 Å². The largest absolute Gasteiger partial charge is 0.393 e. The minimum absolute atomic E-state index is 0.163. The third-order valence-electron chi connectivity index (χ3n) is 4.61. The lowest BCUT2D eigenvalue weighted by molar-refractivity contribution is 0.00110. The van der Waals surface area contributed by atoms with Crippen molar-refractivity contribution in [1.82, 2.24) is 0 Å². The van der Waals surface area contributed by atoms with E-state index < -0.39 is 0 Å². The first-order valence-electron chi connectivity index (χ1n) is 7.70. The van der Waals surface area contributed by atoms with Gasteiger partial charge in [0.2, 0.25) is 0 Å². The molecule has 19 heavy (non-hydrogen) atoms. The van der Waals surface area contributed by atoms with Crippen LogP contribution in [0.25, 0.3) is 0 Å². The Morgan fingerprint density at radius 1 is 1.26 bits per heavy atom. The van der Waals surface area contributed by atoms with Crippen molar-refractivity contribution in [2.75, 3.05) is 6.61 Å². The van der Waals surface area contributed by atoms with Crippen LogP contribution in [0.4, 0.5) is 0 Å². The Balaban J connectivity index is 1.41. The third-order valence-corrected chi connectivity index (χ3v) is 4.61. The molecule has 2 nitrogen and oxygen atoms in total. The SMILES string of the molecule is OC(CCC1CCCCO1)CC1Cc2ccccc21. The summed E-state index contributed by atoms with van der Waals surface area (Å²) < 4.78 is 5.72. The maximum atomic E-state index is 10.2. The Kier molecular flexibility index (Phi) is 4.19. The molecule has 3 unspecified atom stereocenters. The van der Waals surface area contributed by atoms with E-state index in [0.717, 1.165) is 32.3 Å². The number of benzene rings is 1. The first-order chi connectivity index (χ1) is 9.33. The van der Waals surface area contributed by atoms with Gasteiger partial charge in [-0.15, -0.1) is 0 Å². The van der Waals surface area contributed by atoms with E-state index in [1.54, 1.807) is 0 Å². The topological polar surface area (TPSA) is 29.5 Å². The molecule has 1 fully saturated rings. The molecule has 1 saturated heterocycles. The minimum Gasteiger partial charge on any atom is -0.393 e. The zero-order valence-corrected chi connectivity index (χ0v) is 11.6. The van der Waals surface area contributed by atoms with Crippen molar-refractivity contribution in [3.8, 4) is 0 Å². The highest BCUT2D eigenvalue weighted by atomic mass is 16.5. The molecule has 2 aliphatic rings. The molecule has 0 bridgehead atoms. The summed E-state index contributed by atoms with van der Waals surface area (Å²) >= 11 is 0. The van der Waals surface area contributed by atoms with Crippen LogP contribution in [0, 0.1) is 0 Å². The van der Waals surface area contributed by atoms with Crippen LogP contribution < -0.4 is 0 Å². The van der Waals surface area contributed by atoms with E-state index in [4.69, 9.17) is 4.74 Å². The number of hydrogen-bond donors (Lipinski definition) is 1. The van der Waals surface area contributed by atoms with Crippen molar-refractivity contribution in [1.29, 1.82) is 0 Å². The van der Waals surface area contributed by atoms with Gasteiger partial charge in [-0.25, -0.2) is 0 Å². The normalized spacial score (nSPS) is 27.4. The zero-order valence-electron chi connectivity index (χ0n) is 11.6. The number of aliphatic hydroxyl groups excluding tert-OH is 1. The summed E-state index contributed by atoms with van der Waals surface area (Å²) in [6.07, 6.45) is 7.89. The van der Waals surface area contributed by atoms with Gasteiger partial charge < -0.3 is 9.84 Å². The first kappa shape index (κ1) is 13.1. The molecule has 0 radical (unpaired) electrons. The second kappa shape index (κ2) is 6.06. The van der Waals surface area contributed by atoms with Gasteiger partial charge in [0.15, 0.2) is 0 Å². The summed E-state index contributed by atoms with van der Waals surface area (Å²) in [4.78, 5) is 0. The van der Waals surface area contributed by atoms with Crippen LogP contribution in [0.1, 0.15) is 55.6 Å². The van der Waals surface area contributed by atoms with Crippen molar-refractivity contribution in [2.24, 2.45) is 0 Å². The standard InChI is InChI=1S/C17H24O2/c18-15(8-9-16-6-3-4-10-19-16)12-14-11-13-5-1-2-7-17(13)14/h1-2,5,7,14-16,18H,3-4,6,8-12H2. The molecular weight excluding hydrogens is 236 g/mol. The van der Waals surface area contributed by atoms with Crippen LogP contribution >= 0.6 is 0 Å².